The van der Waals surface area contributed by atoms with Crippen LogP contribution in [-0.4, -0.2) is 57.0 Å². The van der Waals surface area contributed by atoms with Crippen molar-refractivity contribution in [2.75, 3.05) is 33.0 Å². The lowest BCUT2D eigenvalue weighted by Crippen LogP contribution is -2.19. The normalized spacial score (nSPS) is 11.3. The van der Waals surface area contributed by atoms with Crippen molar-refractivity contribution in [3.05, 3.63) is 104 Å². The van der Waals surface area contributed by atoms with Gasteiger partial charge in [0.05, 0.1) is 32.0 Å². The van der Waals surface area contributed by atoms with Gasteiger partial charge in [-0.05, 0) is 98.7 Å². The summed E-state index contributed by atoms with van der Waals surface area (Å²) < 4.78 is 33.2. The van der Waals surface area contributed by atoms with E-state index in [9.17, 15) is 14.4 Å². The van der Waals surface area contributed by atoms with Crippen LogP contribution < -0.4 is 14.2 Å². The molecule has 0 aliphatic carbocycles. The Morgan fingerprint density at radius 2 is 0.981 bits per heavy atom. The first-order valence-electron chi connectivity index (χ1n) is 18.9. The van der Waals surface area contributed by atoms with Crippen LogP contribution in [0.5, 0.6) is 17.2 Å². The fourth-order valence-corrected chi connectivity index (χ4v) is 5.39. The highest BCUT2D eigenvalue weighted by atomic mass is 16.5. The quantitative estimate of drug-likeness (QED) is 0.0313. The van der Waals surface area contributed by atoms with E-state index in [-0.39, 0.29) is 18.0 Å². The number of rotatable bonds is 28. The molecule has 0 heterocycles. The molecule has 0 radical (unpaired) electrons. The van der Waals surface area contributed by atoms with Crippen LogP contribution in [0, 0.1) is 0 Å². The molecule has 0 amide bonds. The summed E-state index contributed by atoms with van der Waals surface area (Å²) in [4.78, 5) is 34.8. The van der Waals surface area contributed by atoms with E-state index in [0.29, 0.717) is 44.3 Å². The molecular formula is C44H56O9. The molecule has 0 spiro atoms. The maximum Gasteiger partial charge on any atom is 0.343 e. The first-order valence-corrected chi connectivity index (χ1v) is 18.9. The number of hydrogen-bond donors (Lipinski definition) is 0. The van der Waals surface area contributed by atoms with Gasteiger partial charge in [-0.2, -0.15) is 0 Å². The van der Waals surface area contributed by atoms with Gasteiger partial charge in [0, 0.05) is 18.8 Å². The number of carbonyl (C=O) groups is 3. The van der Waals surface area contributed by atoms with Crippen LogP contribution in [-0.2, 0) is 23.8 Å². The molecule has 0 bridgehead atoms. The molecule has 0 aliphatic heterocycles. The van der Waals surface area contributed by atoms with Gasteiger partial charge in [-0.15, -0.1) is 0 Å². The SMILES string of the molecule is C=CC(=O)OCCCCCCCCCCOc1ccc(C(=O)Oc2ccc(-c3ccc(O[C@H](C)COCCCCCCOC(=O)C=C)cc3)cc2)cc1. The van der Waals surface area contributed by atoms with E-state index in [1.165, 1.54) is 31.4 Å². The van der Waals surface area contributed by atoms with Crippen molar-refractivity contribution in [2.45, 2.75) is 90.1 Å². The fourth-order valence-electron chi connectivity index (χ4n) is 5.39. The van der Waals surface area contributed by atoms with E-state index in [1.54, 1.807) is 36.4 Å². The van der Waals surface area contributed by atoms with Gasteiger partial charge in [0.15, 0.2) is 0 Å². The maximum absolute atomic E-state index is 12.8. The molecule has 0 saturated carbocycles. The highest BCUT2D eigenvalue weighted by Crippen LogP contribution is 2.26. The lowest BCUT2D eigenvalue weighted by atomic mass is 10.1. The molecule has 53 heavy (non-hydrogen) atoms. The van der Waals surface area contributed by atoms with Crippen molar-refractivity contribution in [3.8, 4) is 28.4 Å². The van der Waals surface area contributed by atoms with E-state index in [0.717, 1.165) is 80.4 Å². The Morgan fingerprint density at radius 1 is 0.547 bits per heavy atom. The zero-order valence-electron chi connectivity index (χ0n) is 31.3. The standard InChI is InChI=1S/C44H56O9/c1-4-42(45)50-32-16-11-9-7-6-8-10-15-31-49-39-24-22-38(23-25-39)44(47)53-41-28-20-37(21-29-41)36-18-26-40(27-19-36)52-35(3)34-48-30-14-12-13-17-33-51-43(46)5-2/h4-5,18-29,35H,1-2,6-17,30-34H2,3H3/t35-/m1/s1. The smallest absolute Gasteiger partial charge is 0.343 e. The number of ether oxygens (including phenoxy) is 6. The van der Waals surface area contributed by atoms with Crippen LogP contribution in [0.1, 0.15) is 94.3 Å². The summed E-state index contributed by atoms with van der Waals surface area (Å²) in [6.45, 7) is 11.4. The largest absolute Gasteiger partial charge is 0.494 e. The summed E-state index contributed by atoms with van der Waals surface area (Å²) in [6.07, 6.45) is 14.8. The lowest BCUT2D eigenvalue weighted by molar-refractivity contribution is -0.138. The molecule has 0 aromatic heterocycles. The number of carbonyl (C=O) groups excluding carboxylic acids is 3. The van der Waals surface area contributed by atoms with Crippen molar-refractivity contribution in [1.82, 2.24) is 0 Å². The molecule has 0 N–H and O–H groups in total. The molecule has 3 aromatic rings. The van der Waals surface area contributed by atoms with Gasteiger partial charge in [-0.25, -0.2) is 14.4 Å². The predicted octanol–water partition coefficient (Wildman–Crippen LogP) is 9.88. The number of esters is 3. The molecule has 286 valence electrons. The number of hydrogen-bond acceptors (Lipinski definition) is 9. The molecule has 9 heteroatoms. The Balaban J connectivity index is 1.26. The van der Waals surface area contributed by atoms with E-state index < -0.39 is 5.97 Å². The lowest BCUT2D eigenvalue weighted by Gasteiger charge is -2.15. The van der Waals surface area contributed by atoms with Crippen LogP contribution in [0.25, 0.3) is 11.1 Å². The van der Waals surface area contributed by atoms with Gasteiger partial charge in [0.25, 0.3) is 0 Å². The summed E-state index contributed by atoms with van der Waals surface area (Å²) in [5.74, 6) is 0.808. The third-order valence-electron chi connectivity index (χ3n) is 8.34. The molecule has 3 aromatic carbocycles. The second-order valence-corrected chi connectivity index (χ2v) is 12.8. The first-order chi connectivity index (χ1) is 25.9. The zero-order valence-corrected chi connectivity index (χ0v) is 31.3. The minimum atomic E-state index is -0.426. The Labute approximate surface area is 315 Å². The fraction of sp³-hybridized carbons (Fsp3) is 0.432. The molecule has 0 aliphatic rings. The van der Waals surface area contributed by atoms with Crippen molar-refractivity contribution in [1.29, 1.82) is 0 Å². The molecule has 9 nitrogen and oxygen atoms in total. The van der Waals surface area contributed by atoms with E-state index in [4.69, 9.17) is 28.4 Å². The van der Waals surface area contributed by atoms with Crippen LogP contribution in [0.2, 0.25) is 0 Å². The zero-order chi connectivity index (χ0) is 37.9. The Kier molecular flexibility index (Phi) is 20.8. The van der Waals surface area contributed by atoms with Crippen LogP contribution in [0.15, 0.2) is 98.1 Å². The molecule has 3 rings (SSSR count). The second kappa shape index (κ2) is 26.0. The first kappa shape index (κ1) is 42.5. The summed E-state index contributed by atoms with van der Waals surface area (Å²) >= 11 is 0. The molecular weight excluding hydrogens is 672 g/mol. The summed E-state index contributed by atoms with van der Waals surface area (Å²) in [5.41, 5.74) is 2.47. The van der Waals surface area contributed by atoms with Crippen LogP contribution in [0.3, 0.4) is 0 Å². The molecule has 0 fully saturated rings. The van der Waals surface area contributed by atoms with Crippen LogP contribution >= 0.6 is 0 Å². The third kappa shape index (κ3) is 18.4. The van der Waals surface area contributed by atoms with E-state index in [1.807, 2.05) is 43.3 Å². The van der Waals surface area contributed by atoms with Gasteiger partial charge >= 0.3 is 17.9 Å². The molecule has 0 saturated heterocycles. The average Bonchev–Trinajstić information content (AvgIpc) is 3.18. The number of benzene rings is 3. The highest BCUT2D eigenvalue weighted by molar-refractivity contribution is 5.91. The van der Waals surface area contributed by atoms with Crippen molar-refractivity contribution in [3.63, 3.8) is 0 Å². The van der Waals surface area contributed by atoms with Gasteiger partial charge in [0.2, 0.25) is 0 Å². The van der Waals surface area contributed by atoms with Crippen molar-refractivity contribution >= 4 is 17.9 Å². The van der Waals surface area contributed by atoms with Gasteiger partial charge in [0.1, 0.15) is 23.4 Å². The number of unbranched alkanes of at least 4 members (excludes halogenated alkanes) is 10. The minimum absolute atomic E-state index is 0.0885. The second-order valence-electron chi connectivity index (χ2n) is 12.8. The Hall–Kier alpha value is -4.89. The highest BCUT2D eigenvalue weighted by Gasteiger charge is 2.10. The predicted molar refractivity (Wildman–Crippen MR) is 207 cm³/mol. The van der Waals surface area contributed by atoms with Crippen LogP contribution in [0.4, 0.5) is 0 Å². The van der Waals surface area contributed by atoms with Crippen molar-refractivity contribution < 1.29 is 42.8 Å². The monoisotopic (exact) mass is 728 g/mol. The Bertz CT molecular complexity index is 1500. The minimum Gasteiger partial charge on any atom is -0.494 e. The van der Waals surface area contributed by atoms with E-state index >= 15 is 0 Å². The van der Waals surface area contributed by atoms with Gasteiger partial charge in [-0.3, -0.25) is 0 Å². The average molecular weight is 729 g/mol. The van der Waals surface area contributed by atoms with E-state index in [2.05, 4.69) is 13.2 Å². The molecule has 1 atom stereocenters. The summed E-state index contributed by atoms with van der Waals surface area (Å²) in [6, 6.07) is 22.3. The maximum atomic E-state index is 12.8. The topological polar surface area (TPSA) is 107 Å². The summed E-state index contributed by atoms with van der Waals surface area (Å²) in [7, 11) is 0. The van der Waals surface area contributed by atoms with Crippen molar-refractivity contribution in [2.24, 2.45) is 0 Å². The Morgan fingerprint density at radius 3 is 1.49 bits per heavy atom. The summed E-state index contributed by atoms with van der Waals surface area (Å²) in [5, 5.41) is 0. The van der Waals surface area contributed by atoms with Gasteiger partial charge < -0.3 is 28.4 Å². The third-order valence-corrected chi connectivity index (χ3v) is 8.34. The van der Waals surface area contributed by atoms with Gasteiger partial charge in [-0.1, -0.05) is 82.4 Å². The molecule has 0 unspecified atom stereocenters.